The van der Waals surface area contributed by atoms with Crippen molar-refractivity contribution in [1.82, 2.24) is 10.3 Å². The fourth-order valence-corrected chi connectivity index (χ4v) is 1.14. The Labute approximate surface area is 63.4 Å². The third kappa shape index (κ3) is 0.798. The monoisotopic (exact) mass is 149 g/mol. The van der Waals surface area contributed by atoms with Crippen LogP contribution >= 0.6 is 0 Å². The summed E-state index contributed by atoms with van der Waals surface area (Å²) in [5.41, 5.74) is 6.76. The first-order valence-electron chi connectivity index (χ1n) is 3.30. The molecule has 0 fully saturated rings. The molecule has 0 aliphatic carbocycles. The van der Waals surface area contributed by atoms with Gasteiger partial charge in [-0.2, -0.15) is 0 Å². The van der Waals surface area contributed by atoms with Gasteiger partial charge in [0.1, 0.15) is 6.17 Å². The summed E-state index contributed by atoms with van der Waals surface area (Å²) in [5.74, 6) is -0.138. The number of fused-ring (bicyclic) bond motifs is 1. The Balaban J connectivity index is 2.60. The lowest BCUT2D eigenvalue weighted by Gasteiger charge is -2.00. The van der Waals surface area contributed by atoms with Crippen LogP contribution in [0.25, 0.3) is 0 Å². The summed E-state index contributed by atoms with van der Waals surface area (Å²) in [5, 5.41) is 2.56. The smallest absolute Gasteiger partial charge is 0.254 e. The summed E-state index contributed by atoms with van der Waals surface area (Å²) < 4.78 is 0. The quantitative estimate of drug-likeness (QED) is 0.536. The first-order valence-corrected chi connectivity index (χ1v) is 3.30. The predicted molar refractivity (Wildman–Crippen MR) is 38.6 cm³/mol. The molecule has 1 aromatic heterocycles. The minimum atomic E-state index is -0.432. The average molecular weight is 149 g/mol. The molecule has 0 aromatic carbocycles. The van der Waals surface area contributed by atoms with Gasteiger partial charge in [-0.3, -0.25) is 9.78 Å². The molecule has 56 valence electrons. The van der Waals surface area contributed by atoms with Crippen molar-refractivity contribution in [2.75, 3.05) is 0 Å². The van der Waals surface area contributed by atoms with Crippen LogP contribution in [0.2, 0.25) is 0 Å². The molecule has 0 saturated carbocycles. The van der Waals surface area contributed by atoms with Gasteiger partial charge in [-0.1, -0.05) is 0 Å². The van der Waals surface area contributed by atoms with E-state index in [9.17, 15) is 4.79 Å². The van der Waals surface area contributed by atoms with E-state index in [1.807, 2.05) is 0 Å². The molecule has 11 heavy (non-hydrogen) atoms. The summed E-state index contributed by atoms with van der Waals surface area (Å²) in [4.78, 5) is 15.0. The lowest BCUT2D eigenvalue weighted by molar-refractivity contribution is 0.0957. The largest absolute Gasteiger partial charge is 0.331 e. The van der Waals surface area contributed by atoms with Crippen LogP contribution < -0.4 is 11.1 Å². The van der Waals surface area contributed by atoms with E-state index < -0.39 is 6.17 Å². The van der Waals surface area contributed by atoms with Gasteiger partial charge in [0, 0.05) is 6.20 Å². The van der Waals surface area contributed by atoms with Crippen molar-refractivity contribution in [2.24, 2.45) is 5.73 Å². The summed E-state index contributed by atoms with van der Waals surface area (Å²) in [7, 11) is 0. The van der Waals surface area contributed by atoms with E-state index in [2.05, 4.69) is 10.3 Å². The molecule has 0 bridgehead atoms. The maximum atomic E-state index is 11.0. The fraction of sp³-hybridized carbons (Fsp3) is 0.143. The lowest BCUT2D eigenvalue weighted by Crippen LogP contribution is -2.25. The lowest BCUT2D eigenvalue weighted by atomic mass is 10.2. The van der Waals surface area contributed by atoms with Gasteiger partial charge in [0.05, 0.1) is 11.3 Å². The van der Waals surface area contributed by atoms with E-state index >= 15 is 0 Å². The number of rotatable bonds is 0. The maximum Gasteiger partial charge on any atom is 0.254 e. The van der Waals surface area contributed by atoms with Crippen molar-refractivity contribution < 1.29 is 4.79 Å². The number of nitrogens with two attached hydrogens (primary N) is 1. The Morgan fingerprint density at radius 3 is 3.18 bits per heavy atom. The highest BCUT2D eigenvalue weighted by Crippen LogP contribution is 2.17. The Kier molecular flexibility index (Phi) is 1.16. The normalized spacial score (nSPS) is 21.2. The van der Waals surface area contributed by atoms with Crippen LogP contribution in [-0.4, -0.2) is 10.9 Å². The van der Waals surface area contributed by atoms with Gasteiger partial charge >= 0.3 is 0 Å². The molecule has 0 saturated heterocycles. The summed E-state index contributed by atoms with van der Waals surface area (Å²) in [6.07, 6.45) is 1.19. The van der Waals surface area contributed by atoms with Gasteiger partial charge in [-0.15, -0.1) is 0 Å². The number of pyridine rings is 1. The van der Waals surface area contributed by atoms with Gasteiger partial charge < -0.3 is 11.1 Å². The molecule has 2 heterocycles. The zero-order valence-corrected chi connectivity index (χ0v) is 5.74. The molecule has 0 spiro atoms. The zero-order chi connectivity index (χ0) is 7.84. The third-order valence-electron chi connectivity index (χ3n) is 1.66. The second-order valence-electron chi connectivity index (χ2n) is 2.39. The highest BCUT2D eigenvalue weighted by molar-refractivity contribution is 5.98. The van der Waals surface area contributed by atoms with Crippen LogP contribution in [0.5, 0.6) is 0 Å². The summed E-state index contributed by atoms with van der Waals surface area (Å²) in [6, 6.07) is 3.43. The van der Waals surface area contributed by atoms with Crippen molar-refractivity contribution in [1.29, 1.82) is 0 Å². The summed E-state index contributed by atoms with van der Waals surface area (Å²) in [6.45, 7) is 0. The molecule has 1 aromatic rings. The van der Waals surface area contributed by atoms with Crippen molar-refractivity contribution in [3.63, 3.8) is 0 Å². The van der Waals surface area contributed by atoms with Crippen LogP contribution in [0.15, 0.2) is 18.3 Å². The van der Waals surface area contributed by atoms with Crippen molar-refractivity contribution in [3.05, 3.63) is 29.6 Å². The molecule has 1 amide bonds. The van der Waals surface area contributed by atoms with Crippen LogP contribution in [0, 0.1) is 0 Å². The Morgan fingerprint density at radius 2 is 2.45 bits per heavy atom. The molecule has 4 heteroatoms. The van der Waals surface area contributed by atoms with Crippen LogP contribution in [-0.2, 0) is 0 Å². The number of aromatic nitrogens is 1. The van der Waals surface area contributed by atoms with Crippen molar-refractivity contribution >= 4 is 5.91 Å². The van der Waals surface area contributed by atoms with E-state index in [1.165, 1.54) is 0 Å². The van der Waals surface area contributed by atoms with Crippen LogP contribution in [0.4, 0.5) is 0 Å². The Bertz CT molecular complexity index is 310. The number of hydrogen-bond donors (Lipinski definition) is 2. The highest BCUT2D eigenvalue weighted by atomic mass is 16.2. The second-order valence-corrected chi connectivity index (χ2v) is 2.39. The van der Waals surface area contributed by atoms with E-state index in [0.29, 0.717) is 11.3 Å². The maximum absolute atomic E-state index is 11.0. The topological polar surface area (TPSA) is 68.0 Å². The van der Waals surface area contributed by atoms with Crippen molar-refractivity contribution in [2.45, 2.75) is 6.17 Å². The minimum Gasteiger partial charge on any atom is -0.331 e. The standard InChI is InChI=1S/C7H7N3O/c8-6-5-4(7(11)10-6)2-1-3-9-5/h1-3,6H,8H2,(H,10,11). The molecule has 1 aliphatic rings. The highest BCUT2D eigenvalue weighted by Gasteiger charge is 2.25. The van der Waals surface area contributed by atoms with Gasteiger partial charge in [-0.25, -0.2) is 0 Å². The zero-order valence-electron chi connectivity index (χ0n) is 5.74. The van der Waals surface area contributed by atoms with Gasteiger partial charge in [0.2, 0.25) is 0 Å². The molecule has 3 N–H and O–H groups in total. The SMILES string of the molecule is NC1NC(=O)c2cccnc21. The fourth-order valence-electron chi connectivity index (χ4n) is 1.14. The second kappa shape index (κ2) is 2.03. The first kappa shape index (κ1) is 6.30. The van der Waals surface area contributed by atoms with E-state index in [1.54, 1.807) is 18.3 Å². The van der Waals surface area contributed by atoms with E-state index in [0.717, 1.165) is 0 Å². The number of carbonyl (C=O) groups excluding carboxylic acids is 1. The van der Waals surface area contributed by atoms with Crippen LogP contribution in [0.1, 0.15) is 22.2 Å². The van der Waals surface area contributed by atoms with E-state index in [4.69, 9.17) is 5.73 Å². The number of nitrogens with one attached hydrogen (secondary N) is 1. The molecule has 4 nitrogen and oxygen atoms in total. The first-order chi connectivity index (χ1) is 5.29. The molecule has 1 unspecified atom stereocenters. The molecule has 2 rings (SSSR count). The average Bonchev–Trinajstić information content (AvgIpc) is 2.30. The number of nitrogens with zero attached hydrogens (tertiary/aromatic N) is 1. The summed E-state index contributed by atoms with van der Waals surface area (Å²) >= 11 is 0. The number of carbonyl (C=O) groups is 1. The number of hydrogen-bond acceptors (Lipinski definition) is 3. The Hall–Kier alpha value is -1.42. The molecule has 1 atom stereocenters. The molecule has 0 radical (unpaired) electrons. The molecular formula is C7H7N3O. The van der Waals surface area contributed by atoms with Gasteiger partial charge in [0.25, 0.3) is 5.91 Å². The van der Waals surface area contributed by atoms with Crippen molar-refractivity contribution in [3.8, 4) is 0 Å². The van der Waals surface area contributed by atoms with Gasteiger partial charge in [-0.05, 0) is 12.1 Å². The molecule has 1 aliphatic heterocycles. The van der Waals surface area contributed by atoms with Gasteiger partial charge in [0.15, 0.2) is 0 Å². The molecular weight excluding hydrogens is 142 g/mol. The van der Waals surface area contributed by atoms with E-state index in [-0.39, 0.29) is 5.91 Å². The predicted octanol–water partition coefficient (Wildman–Crippen LogP) is -0.218. The Morgan fingerprint density at radius 1 is 1.64 bits per heavy atom. The van der Waals surface area contributed by atoms with Crippen LogP contribution in [0.3, 0.4) is 0 Å². The number of amides is 1. The minimum absolute atomic E-state index is 0.138. The third-order valence-corrected chi connectivity index (χ3v) is 1.66.